The van der Waals surface area contributed by atoms with E-state index >= 15 is 0 Å². The number of ether oxygens (including phenoxy) is 2. The highest BCUT2D eigenvalue weighted by molar-refractivity contribution is 8.00. The van der Waals surface area contributed by atoms with Gasteiger partial charge in [-0.3, -0.25) is 18.9 Å². The number of rotatable bonds is 12. The van der Waals surface area contributed by atoms with Crippen LogP contribution in [0.2, 0.25) is 0 Å². The molecule has 0 radical (unpaired) electrons. The number of carbonyl (C=O) groups is 2. The smallest absolute Gasteiger partial charge is 0.301 e. The number of aliphatic hydroxyl groups excluding tert-OH is 1. The number of Topliss-reactive ketones (excluding diaryl/α,β-unsaturated/α-hetero) is 1. The summed E-state index contributed by atoms with van der Waals surface area (Å²) < 4.78 is 28.4. The zero-order valence-electron chi connectivity index (χ0n) is 26.8. The van der Waals surface area contributed by atoms with E-state index in [1.54, 1.807) is 66.1 Å². The number of amides is 1. The molecule has 6 rings (SSSR count). The third-order valence-corrected chi connectivity index (χ3v) is 9.92. The van der Waals surface area contributed by atoms with Gasteiger partial charge in [0.2, 0.25) is 5.13 Å². The first-order valence-electron chi connectivity index (χ1n) is 15.5. The van der Waals surface area contributed by atoms with E-state index in [1.807, 2.05) is 13.0 Å². The normalized spacial score (nSPS) is 16.0. The quantitative estimate of drug-likeness (QED) is 0.0471. The molecule has 5 aromatic rings. The summed E-state index contributed by atoms with van der Waals surface area (Å²) in [5.41, 5.74) is 2.23. The van der Waals surface area contributed by atoms with Crippen LogP contribution in [0.25, 0.3) is 11.4 Å². The van der Waals surface area contributed by atoms with Crippen LogP contribution in [0.4, 0.5) is 9.52 Å². The average molecular weight is 688 g/mol. The van der Waals surface area contributed by atoms with Crippen molar-refractivity contribution in [3.8, 4) is 11.5 Å². The Labute approximate surface area is 285 Å². The van der Waals surface area contributed by atoms with Crippen molar-refractivity contribution in [1.29, 1.82) is 0 Å². The standard InChI is InChI=1S/C35H34FN5O5S2/c1-5-45-26-18-22(13-14-25(26)46-17-15-20(2)3)30-28(31(42)29-21(4)37-27-12-8-9-16-40(27)29)32(43)33(44)41(30)34-38-39-35(48-34)47-19-23-10-6-7-11-24(23)36/h6-14,16,18,20,30,42H,5,15,17,19H2,1-4H3/b31-28+. The number of pyridine rings is 1. The molecule has 1 aliphatic rings. The van der Waals surface area contributed by atoms with Crippen molar-refractivity contribution in [3.63, 3.8) is 0 Å². The minimum atomic E-state index is -1.08. The maximum absolute atomic E-state index is 14.3. The second-order valence-corrected chi connectivity index (χ2v) is 13.7. The molecule has 3 aromatic heterocycles. The lowest BCUT2D eigenvalue weighted by Crippen LogP contribution is -2.29. The minimum Gasteiger partial charge on any atom is -0.505 e. The number of imidazole rings is 1. The van der Waals surface area contributed by atoms with Gasteiger partial charge >= 0.3 is 5.91 Å². The first kappa shape index (κ1) is 33.2. The molecule has 248 valence electrons. The summed E-state index contributed by atoms with van der Waals surface area (Å²) in [6.45, 7) is 8.65. The van der Waals surface area contributed by atoms with Gasteiger partial charge in [0.25, 0.3) is 5.78 Å². The number of benzene rings is 2. The summed E-state index contributed by atoms with van der Waals surface area (Å²) in [5.74, 6) is -0.737. The fourth-order valence-electron chi connectivity index (χ4n) is 5.47. The van der Waals surface area contributed by atoms with Crippen molar-refractivity contribution in [2.24, 2.45) is 5.92 Å². The summed E-state index contributed by atoms with van der Waals surface area (Å²) in [6.07, 6.45) is 2.58. The zero-order valence-corrected chi connectivity index (χ0v) is 28.5. The van der Waals surface area contributed by atoms with Crippen LogP contribution in [0.3, 0.4) is 0 Å². The summed E-state index contributed by atoms with van der Waals surface area (Å²) in [5, 5.41) is 20.6. The number of fused-ring (bicyclic) bond motifs is 1. The Bertz CT molecular complexity index is 2020. The summed E-state index contributed by atoms with van der Waals surface area (Å²) >= 11 is 2.37. The lowest BCUT2D eigenvalue weighted by molar-refractivity contribution is -0.132. The predicted octanol–water partition coefficient (Wildman–Crippen LogP) is 7.38. The number of carbonyl (C=O) groups excluding carboxylic acids is 2. The molecule has 4 heterocycles. The molecule has 0 saturated carbocycles. The van der Waals surface area contributed by atoms with E-state index in [0.717, 1.165) is 17.8 Å². The summed E-state index contributed by atoms with van der Waals surface area (Å²) in [7, 11) is 0. The van der Waals surface area contributed by atoms with Gasteiger partial charge in [0.1, 0.15) is 17.2 Å². The number of aromatic nitrogens is 4. The Morgan fingerprint density at radius 1 is 1.06 bits per heavy atom. The minimum absolute atomic E-state index is 0.125. The average Bonchev–Trinajstić information content (AvgIpc) is 3.74. The molecule has 1 saturated heterocycles. The molecular formula is C35H34FN5O5S2. The van der Waals surface area contributed by atoms with Crippen LogP contribution >= 0.6 is 23.1 Å². The van der Waals surface area contributed by atoms with Crippen molar-refractivity contribution >= 4 is 51.3 Å². The molecule has 0 aliphatic carbocycles. The lowest BCUT2D eigenvalue weighted by atomic mass is 9.96. The third kappa shape index (κ3) is 6.52. The number of aryl methyl sites for hydroxylation is 1. The molecule has 1 atom stereocenters. The van der Waals surface area contributed by atoms with Gasteiger partial charge in [0, 0.05) is 11.9 Å². The molecule has 0 bridgehead atoms. The third-order valence-electron chi connectivity index (χ3n) is 7.82. The van der Waals surface area contributed by atoms with Gasteiger partial charge in [-0.05, 0) is 67.6 Å². The molecular weight excluding hydrogens is 654 g/mol. The molecule has 10 nitrogen and oxygen atoms in total. The van der Waals surface area contributed by atoms with Crippen molar-refractivity contribution < 1.29 is 28.6 Å². The Balaban J connectivity index is 1.45. The highest BCUT2D eigenvalue weighted by Gasteiger charge is 2.49. The largest absolute Gasteiger partial charge is 0.505 e. The van der Waals surface area contributed by atoms with Gasteiger partial charge in [-0.2, -0.15) is 0 Å². The van der Waals surface area contributed by atoms with Crippen LogP contribution in [-0.4, -0.2) is 49.6 Å². The number of hydrogen-bond acceptors (Lipinski definition) is 10. The van der Waals surface area contributed by atoms with Crippen LogP contribution in [0.5, 0.6) is 11.5 Å². The number of aliphatic hydroxyl groups is 1. The second-order valence-electron chi connectivity index (χ2n) is 11.5. The van der Waals surface area contributed by atoms with E-state index in [-0.39, 0.29) is 22.3 Å². The van der Waals surface area contributed by atoms with Crippen LogP contribution in [0.15, 0.2) is 76.8 Å². The zero-order chi connectivity index (χ0) is 33.9. The molecule has 0 spiro atoms. The number of ketones is 1. The molecule has 2 aromatic carbocycles. The van der Waals surface area contributed by atoms with E-state index in [0.29, 0.717) is 68.9 Å². The molecule has 1 aliphatic heterocycles. The topological polar surface area (TPSA) is 119 Å². The first-order chi connectivity index (χ1) is 23.2. The van der Waals surface area contributed by atoms with Crippen LogP contribution < -0.4 is 14.4 Å². The monoisotopic (exact) mass is 687 g/mol. The van der Waals surface area contributed by atoms with E-state index < -0.39 is 17.7 Å². The highest BCUT2D eigenvalue weighted by Crippen LogP contribution is 2.46. The SMILES string of the molecule is CCOc1cc(C2/C(=C(\O)c3c(C)nc4ccccn34)C(=O)C(=O)N2c2nnc(SCc3ccccc3F)s2)ccc1OCCC(C)C. The molecule has 1 fully saturated rings. The van der Waals surface area contributed by atoms with E-state index in [2.05, 4.69) is 29.0 Å². The molecule has 1 unspecified atom stereocenters. The second kappa shape index (κ2) is 14.2. The van der Waals surface area contributed by atoms with Gasteiger partial charge in [0.05, 0.1) is 30.5 Å². The maximum Gasteiger partial charge on any atom is 0.301 e. The molecule has 48 heavy (non-hydrogen) atoms. The van der Waals surface area contributed by atoms with Gasteiger partial charge in [0.15, 0.2) is 21.6 Å². The predicted molar refractivity (Wildman–Crippen MR) is 183 cm³/mol. The van der Waals surface area contributed by atoms with Crippen molar-refractivity contribution in [2.75, 3.05) is 18.1 Å². The van der Waals surface area contributed by atoms with E-state index in [1.165, 1.54) is 22.7 Å². The Kier molecular flexibility index (Phi) is 9.78. The Morgan fingerprint density at radius 2 is 1.85 bits per heavy atom. The van der Waals surface area contributed by atoms with Gasteiger partial charge in [-0.1, -0.05) is 67.3 Å². The fourth-order valence-corrected chi connectivity index (χ4v) is 7.33. The highest BCUT2D eigenvalue weighted by atomic mass is 32.2. The Morgan fingerprint density at radius 3 is 2.62 bits per heavy atom. The number of halogens is 1. The van der Waals surface area contributed by atoms with Crippen LogP contribution in [0, 0.1) is 18.7 Å². The summed E-state index contributed by atoms with van der Waals surface area (Å²) in [6, 6.07) is 16.0. The van der Waals surface area contributed by atoms with Crippen molar-refractivity contribution in [2.45, 2.75) is 50.3 Å². The van der Waals surface area contributed by atoms with Crippen molar-refractivity contribution in [1.82, 2.24) is 19.6 Å². The van der Waals surface area contributed by atoms with Gasteiger partial charge < -0.3 is 14.6 Å². The van der Waals surface area contributed by atoms with Crippen LogP contribution in [0.1, 0.15) is 55.7 Å². The van der Waals surface area contributed by atoms with E-state index in [9.17, 15) is 19.1 Å². The van der Waals surface area contributed by atoms with Crippen molar-refractivity contribution in [3.05, 3.63) is 101 Å². The Hall–Kier alpha value is -4.75. The van der Waals surface area contributed by atoms with Gasteiger partial charge in [-0.15, -0.1) is 10.2 Å². The number of thioether (sulfide) groups is 1. The fraction of sp³-hybridized carbons (Fsp3) is 0.286. The number of hydrogen-bond donors (Lipinski definition) is 1. The number of anilines is 1. The number of nitrogens with zero attached hydrogens (tertiary/aromatic N) is 5. The van der Waals surface area contributed by atoms with Gasteiger partial charge in [-0.25, -0.2) is 9.37 Å². The maximum atomic E-state index is 14.3. The lowest BCUT2D eigenvalue weighted by Gasteiger charge is -2.24. The molecule has 1 amide bonds. The van der Waals surface area contributed by atoms with E-state index in [4.69, 9.17) is 9.47 Å². The van der Waals surface area contributed by atoms with Crippen LogP contribution in [-0.2, 0) is 15.3 Å². The molecule has 1 N–H and O–H groups in total. The first-order valence-corrected chi connectivity index (χ1v) is 17.3. The summed E-state index contributed by atoms with van der Waals surface area (Å²) in [4.78, 5) is 33.6. The molecule has 13 heteroatoms.